The highest BCUT2D eigenvalue weighted by atomic mass is 32.3. The molecule has 4 N–H and O–H groups in total. The zero-order valence-electron chi connectivity index (χ0n) is 10.6. The molecule has 0 radical (unpaired) electrons. The number of fused-ring (bicyclic) bond motifs is 1. The van der Waals surface area contributed by atoms with Crippen molar-refractivity contribution in [3.05, 3.63) is 11.9 Å². The molecular formula is C9H14N6O3S. The van der Waals surface area contributed by atoms with Gasteiger partial charge in [0, 0.05) is 6.26 Å². The van der Waals surface area contributed by atoms with Gasteiger partial charge in [-0.3, -0.25) is 9.11 Å². The van der Waals surface area contributed by atoms with E-state index in [1.54, 1.807) is 13.0 Å². The molecule has 2 aromatic rings. The molecule has 0 aliphatic rings. The van der Waals surface area contributed by atoms with E-state index in [1.807, 2.05) is 0 Å². The molecule has 0 fully saturated rings. The number of anilines is 1. The predicted molar refractivity (Wildman–Crippen MR) is 70.7 cm³/mol. The summed E-state index contributed by atoms with van der Waals surface area (Å²) in [4.78, 5) is 11.8. The van der Waals surface area contributed by atoms with E-state index >= 15 is 0 Å². The van der Waals surface area contributed by atoms with Crippen LogP contribution in [0.2, 0.25) is 0 Å². The molecule has 2 rings (SSSR count). The van der Waals surface area contributed by atoms with E-state index in [0.29, 0.717) is 5.76 Å². The van der Waals surface area contributed by atoms with Crippen molar-refractivity contribution in [2.24, 2.45) is 0 Å². The summed E-state index contributed by atoms with van der Waals surface area (Å²) in [6.45, 7) is 1.77. The summed E-state index contributed by atoms with van der Waals surface area (Å²) < 4.78 is 25.4. The topological polar surface area (TPSA) is 132 Å². The van der Waals surface area contributed by atoms with E-state index in [4.69, 9.17) is 10.5 Å². The molecule has 0 saturated heterocycles. The molecule has 0 bridgehead atoms. The number of aromatic nitrogens is 5. The van der Waals surface area contributed by atoms with Gasteiger partial charge in [0.2, 0.25) is 16.9 Å². The molecule has 9 nitrogen and oxygen atoms in total. The maximum Gasteiger partial charge on any atom is 0.259 e. The summed E-state index contributed by atoms with van der Waals surface area (Å²) in [6, 6.07) is 0. The Morgan fingerprint density at radius 3 is 2.58 bits per heavy atom. The van der Waals surface area contributed by atoms with Crippen molar-refractivity contribution in [2.75, 3.05) is 19.1 Å². The lowest BCUT2D eigenvalue weighted by Gasteiger charge is -2.23. The Bertz CT molecular complexity index is 647. The van der Waals surface area contributed by atoms with E-state index in [2.05, 4.69) is 20.1 Å². The van der Waals surface area contributed by atoms with E-state index < -0.39 is 10.6 Å². The second kappa shape index (κ2) is 4.64. The van der Waals surface area contributed by atoms with Crippen LogP contribution < -0.4 is 5.73 Å². The molecule has 0 aliphatic heterocycles. The van der Waals surface area contributed by atoms with E-state index in [1.165, 1.54) is 17.9 Å². The number of ether oxygens (including phenoxy) is 1. The van der Waals surface area contributed by atoms with Crippen molar-refractivity contribution >= 4 is 28.1 Å². The quantitative estimate of drug-likeness (QED) is 0.707. The molecule has 2 aromatic heterocycles. The SMILES string of the molecule is C/C=C(\OC)c1nc2nc(S(C)(O)O)nc(N)n2n1. The van der Waals surface area contributed by atoms with Crippen LogP contribution in [0.15, 0.2) is 11.2 Å². The number of nitrogen functional groups attached to an aromatic ring is 1. The first kappa shape index (κ1) is 13.5. The zero-order chi connectivity index (χ0) is 14.2. The first-order valence-electron chi connectivity index (χ1n) is 5.21. The molecule has 2 heterocycles. The molecule has 10 heteroatoms. The van der Waals surface area contributed by atoms with E-state index in [-0.39, 0.29) is 22.7 Å². The molecular weight excluding hydrogens is 272 g/mol. The van der Waals surface area contributed by atoms with Gasteiger partial charge in [0.05, 0.1) is 7.11 Å². The molecule has 0 saturated carbocycles. The molecule has 0 atom stereocenters. The second-order valence-corrected chi connectivity index (χ2v) is 5.73. The number of methoxy groups -OCH3 is 1. The molecule has 104 valence electrons. The summed E-state index contributed by atoms with van der Waals surface area (Å²) in [6.07, 6.45) is 2.90. The Morgan fingerprint density at radius 2 is 2.05 bits per heavy atom. The first-order chi connectivity index (χ1) is 8.86. The minimum Gasteiger partial charge on any atom is -0.493 e. The van der Waals surface area contributed by atoms with Crippen molar-refractivity contribution in [3.8, 4) is 0 Å². The maximum absolute atomic E-state index is 9.55. The average Bonchev–Trinajstić information content (AvgIpc) is 2.74. The molecule has 19 heavy (non-hydrogen) atoms. The molecule has 0 unspecified atom stereocenters. The van der Waals surface area contributed by atoms with Crippen LogP contribution in [0.4, 0.5) is 5.95 Å². The third kappa shape index (κ3) is 2.45. The van der Waals surface area contributed by atoms with Gasteiger partial charge in [0.25, 0.3) is 5.78 Å². The van der Waals surface area contributed by atoms with Crippen molar-refractivity contribution in [3.63, 3.8) is 0 Å². The largest absolute Gasteiger partial charge is 0.493 e. The summed E-state index contributed by atoms with van der Waals surface area (Å²) in [5, 5.41) is 3.92. The van der Waals surface area contributed by atoms with Crippen LogP contribution in [0.1, 0.15) is 12.7 Å². The predicted octanol–water partition coefficient (Wildman–Crippen LogP) is 0.848. The lowest BCUT2D eigenvalue weighted by Crippen LogP contribution is -2.09. The number of rotatable bonds is 3. The van der Waals surface area contributed by atoms with Crippen LogP contribution in [0, 0.1) is 0 Å². The fraction of sp³-hybridized carbons (Fsp3) is 0.333. The Hall–Kier alpha value is -1.91. The third-order valence-corrected chi connectivity index (χ3v) is 3.14. The lowest BCUT2D eigenvalue weighted by molar-refractivity contribution is 0.365. The van der Waals surface area contributed by atoms with Gasteiger partial charge in [0.15, 0.2) is 5.76 Å². The summed E-state index contributed by atoms with van der Waals surface area (Å²) >= 11 is 0. The Kier molecular flexibility index (Phi) is 3.30. The maximum atomic E-state index is 9.55. The van der Waals surface area contributed by atoms with E-state index in [9.17, 15) is 9.11 Å². The Morgan fingerprint density at radius 1 is 1.37 bits per heavy atom. The van der Waals surface area contributed by atoms with Gasteiger partial charge >= 0.3 is 0 Å². The summed E-state index contributed by atoms with van der Waals surface area (Å²) in [5.41, 5.74) is 5.69. The van der Waals surface area contributed by atoms with Gasteiger partial charge in [0.1, 0.15) is 0 Å². The highest BCUT2D eigenvalue weighted by Gasteiger charge is 2.18. The number of nitrogens with two attached hydrogens (primary N) is 1. The second-order valence-electron chi connectivity index (χ2n) is 3.70. The van der Waals surface area contributed by atoms with Gasteiger partial charge in [-0.15, -0.1) is 15.7 Å². The van der Waals surface area contributed by atoms with Gasteiger partial charge in [-0.2, -0.15) is 19.5 Å². The first-order valence-corrected chi connectivity index (χ1v) is 7.16. The highest BCUT2D eigenvalue weighted by Crippen LogP contribution is 2.41. The van der Waals surface area contributed by atoms with Crippen LogP contribution in [0.25, 0.3) is 11.5 Å². The standard InChI is InChI=1S/C9H14N6O3S/c1-4-5(18-2)6-11-8-13-9(19(3,16)17)12-7(10)15(8)14-6/h4,16-17H,1-3H3,(H2,10,11,12,13,14)/b5-4-. The minimum atomic E-state index is -3.07. The van der Waals surface area contributed by atoms with Crippen LogP contribution >= 0.6 is 10.6 Å². The summed E-state index contributed by atoms with van der Waals surface area (Å²) in [5.74, 6) is 0.827. The Labute approximate surface area is 110 Å². The Balaban J connectivity index is 2.63. The zero-order valence-corrected chi connectivity index (χ0v) is 11.4. The normalized spacial score (nSPS) is 13.8. The fourth-order valence-electron chi connectivity index (χ4n) is 1.40. The highest BCUT2D eigenvalue weighted by molar-refractivity contribution is 8.23. The minimum absolute atomic E-state index is 0.0351. The third-order valence-electron chi connectivity index (χ3n) is 2.26. The van der Waals surface area contributed by atoms with Crippen molar-refractivity contribution in [1.82, 2.24) is 24.6 Å². The lowest BCUT2D eigenvalue weighted by atomic mass is 10.4. The molecule has 0 aliphatic carbocycles. The van der Waals surface area contributed by atoms with Gasteiger partial charge in [-0.25, -0.2) is 0 Å². The molecule has 0 amide bonds. The van der Waals surface area contributed by atoms with Crippen LogP contribution in [0.3, 0.4) is 0 Å². The number of hydrogen-bond acceptors (Lipinski definition) is 8. The van der Waals surface area contributed by atoms with Gasteiger partial charge < -0.3 is 10.5 Å². The van der Waals surface area contributed by atoms with Crippen LogP contribution in [0.5, 0.6) is 0 Å². The van der Waals surface area contributed by atoms with Crippen LogP contribution in [-0.2, 0) is 4.74 Å². The molecule has 0 spiro atoms. The number of nitrogens with zero attached hydrogens (tertiary/aromatic N) is 5. The fourth-order valence-corrected chi connectivity index (χ4v) is 1.92. The smallest absolute Gasteiger partial charge is 0.259 e. The average molecular weight is 286 g/mol. The van der Waals surface area contributed by atoms with E-state index in [0.717, 1.165) is 0 Å². The van der Waals surface area contributed by atoms with Crippen molar-refractivity contribution in [1.29, 1.82) is 0 Å². The number of hydrogen-bond donors (Lipinski definition) is 3. The number of allylic oxidation sites excluding steroid dienone is 1. The molecule has 0 aromatic carbocycles. The monoisotopic (exact) mass is 286 g/mol. The van der Waals surface area contributed by atoms with Crippen LogP contribution in [-0.4, -0.2) is 47.0 Å². The van der Waals surface area contributed by atoms with Crippen molar-refractivity contribution < 1.29 is 13.8 Å². The summed E-state index contributed by atoms with van der Waals surface area (Å²) in [7, 11) is -1.58. The van der Waals surface area contributed by atoms with Gasteiger partial charge in [-0.1, -0.05) is 0 Å². The van der Waals surface area contributed by atoms with Crippen molar-refractivity contribution in [2.45, 2.75) is 12.1 Å². The van der Waals surface area contributed by atoms with Gasteiger partial charge in [-0.05, 0) is 13.0 Å².